The second kappa shape index (κ2) is 44.3. The number of ether oxygens (including phenoxy) is 2. The summed E-state index contributed by atoms with van der Waals surface area (Å²) < 4.78 is 10.8. The van der Waals surface area contributed by atoms with Crippen LogP contribution in [0.5, 0.6) is 0 Å². The number of aliphatic hydroxyl groups excluding tert-OH is 1. The van der Waals surface area contributed by atoms with Gasteiger partial charge in [0.1, 0.15) is 42.6 Å². The zero-order valence-corrected chi connectivity index (χ0v) is 47.8. The largest absolute Gasteiger partial charge is 0.394 e. The zero-order chi connectivity index (χ0) is 60.2. The number of guanidine groups is 1. The minimum atomic E-state index is -1.65. The van der Waals surface area contributed by atoms with Gasteiger partial charge < -0.3 is 78.9 Å². The van der Waals surface area contributed by atoms with Crippen molar-refractivity contribution in [2.75, 3.05) is 59.7 Å². The van der Waals surface area contributed by atoms with Crippen LogP contribution in [0.15, 0.2) is 12.5 Å². The molecule has 5 atom stereocenters. The van der Waals surface area contributed by atoms with Crippen molar-refractivity contribution in [2.24, 2.45) is 11.5 Å². The van der Waals surface area contributed by atoms with Gasteiger partial charge in [-0.1, -0.05) is 90.4 Å². The number of unbranched alkanes of at least 4 members (excludes halogenated alkanes) is 13. The van der Waals surface area contributed by atoms with Gasteiger partial charge in [-0.2, -0.15) is 0 Å². The molecule has 30 nitrogen and oxygen atoms in total. The second-order valence-corrected chi connectivity index (χ2v) is 19.8. The molecule has 0 saturated heterocycles. The SMILES string of the molecule is CCCC[C@H](NC(=O)[C@H](CCCNC(=N)N)NC(=O)[C@H](Cc1c[nH]cn1)NC(=O)[C@H](CCC(N)=O)NC(=O)[C@H](CO)NC(=O)CNC(=O)COCCOCCNC(=O)CCCCCCCCCCCCCCCc1nnn[nH]1)C(=O)NC. The molecule has 0 unspecified atom stereocenters. The average Bonchev–Trinajstić information content (AvgIpc) is 4.19. The summed E-state index contributed by atoms with van der Waals surface area (Å²) in [6.07, 6.45) is 20.3. The van der Waals surface area contributed by atoms with Crippen LogP contribution < -0.4 is 59.3 Å². The molecule has 82 heavy (non-hydrogen) atoms. The standard InChI is InChI=1S/C52H92N18O12/c1-3-4-19-37(47(76)56-2)63-48(77)38(20-18-25-59-52(54)55)64-50(79)40(30-36-31-57-35-61-36)66-49(78)39(23-24-42(53)72)65-51(80)41(33-71)62-45(74)32-60-46(75)34-82-29-28-81-27-26-58-44(73)22-17-15-13-11-9-7-5-6-8-10-12-14-16-21-43-67-69-70-68-43/h31,35,37-41,71H,3-30,32-34H2,1-2H3,(H2,53,72)(H,56,76)(H,57,61)(H,58,73)(H,60,75)(H,62,74)(H,63,77)(H,64,79)(H,65,80)(H,66,78)(H4,54,55,59)(H,67,68,69,70)/t37-,38-,39-,40-,41-/m0/s1. The number of rotatable bonds is 49. The Balaban J connectivity index is 1.76. The number of H-pyrrole nitrogens is 2. The summed E-state index contributed by atoms with van der Waals surface area (Å²) in [5.74, 6) is -5.95. The van der Waals surface area contributed by atoms with E-state index in [4.69, 9.17) is 26.4 Å². The van der Waals surface area contributed by atoms with Crippen molar-refractivity contribution in [3.05, 3.63) is 24.0 Å². The lowest BCUT2D eigenvalue weighted by atomic mass is 10.0. The molecule has 2 aromatic heterocycles. The number of nitrogens with one attached hydrogen (secondary N) is 12. The van der Waals surface area contributed by atoms with Crippen molar-refractivity contribution in [1.82, 2.24) is 78.4 Å². The molecule has 0 fully saturated rings. The van der Waals surface area contributed by atoms with Gasteiger partial charge in [0.15, 0.2) is 5.96 Å². The Bertz CT molecular complexity index is 2170. The van der Waals surface area contributed by atoms with E-state index in [1.807, 2.05) is 6.92 Å². The number of nitrogens with zero attached hydrogens (tertiary/aromatic N) is 4. The Morgan fingerprint density at radius 2 is 1.18 bits per heavy atom. The number of imidazole rings is 1. The Labute approximate surface area is 479 Å². The third-order valence-electron chi connectivity index (χ3n) is 12.9. The molecule has 2 aromatic rings. The van der Waals surface area contributed by atoms with E-state index in [9.17, 15) is 48.3 Å². The highest BCUT2D eigenvalue weighted by Gasteiger charge is 2.33. The molecule has 9 amide bonds. The summed E-state index contributed by atoms with van der Waals surface area (Å²) in [5.41, 5.74) is 11.1. The fraction of sp³-hybridized carbons (Fsp3) is 0.731. The Kier molecular flexibility index (Phi) is 38.3. The molecular weight excluding hydrogens is 1070 g/mol. The Hall–Kier alpha value is -7.34. The highest BCUT2D eigenvalue weighted by molar-refractivity contribution is 5.97. The number of aryl methyl sites for hydroxylation is 1. The number of amides is 9. The van der Waals surface area contributed by atoms with E-state index in [2.05, 4.69) is 78.4 Å². The lowest BCUT2D eigenvalue weighted by Gasteiger charge is -2.27. The first kappa shape index (κ1) is 70.8. The first-order valence-corrected chi connectivity index (χ1v) is 28.6. The number of carbonyl (C=O) groups is 9. The molecule has 0 bridgehead atoms. The number of likely N-dealkylation sites (N-methyl/N-ethyl adjacent to an activating group) is 1. The topological polar surface area (TPSA) is 460 Å². The summed E-state index contributed by atoms with van der Waals surface area (Å²) in [6, 6.07) is -6.83. The van der Waals surface area contributed by atoms with E-state index in [-0.39, 0.29) is 63.9 Å². The minimum absolute atomic E-state index is 0.00817. The fourth-order valence-electron chi connectivity index (χ4n) is 8.33. The van der Waals surface area contributed by atoms with Crippen LogP contribution in [0, 0.1) is 5.41 Å². The van der Waals surface area contributed by atoms with Gasteiger partial charge >= 0.3 is 0 Å². The van der Waals surface area contributed by atoms with Gasteiger partial charge in [-0.15, -0.1) is 5.10 Å². The molecule has 462 valence electrons. The number of primary amides is 1. The van der Waals surface area contributed by atoms with E-state index < -0.39 is 104 Å². The maximum absolute atomic E-state index is 14.1. The molecule has 30 heteroatoms. The van der Waals surface area contributed by atoms with E-state index >= 15 is 0 Å². The van der Waals surface area contributed by atoms with Crippen LogP contribution >= 0.6 is 0 Å². The number of hydrogen-bond donors (Lipinski definition) is 15. The summed E-state index contributed by atoms with van der Waals surface area (Å²) in [7, 11) is 1.42. The van der Waals surface area contributed by atoms with Crippen LogP contribution in [0.1, 0.15) is 153 Å². The molecule has 0 radical (unpaired) electrons. The van der Waals surface area contributed by atoms with Crippen molar-refractivity contribution in [3.8, 4) is 0 Å². The summed E-state index contributed by atoms with van der Waals surface area (Å²) >= 11 is 0. The average molecular weight is 1160 g/mol. The van der Waals surface area contributed by atoms with Crippen molar-refractivity contribution in [1.29, 1.82) is 5.41 Å². The normalized spacial score (nSPS) is 12.8. The molecule has 17 N–H and O–H groups in total. The first-order valence-electron chi connectivity index (χ1n) is 28.6. The highest BCUT2D eigenvalue weighted by atomic mass is 16.5. The smallest absolute Gasteiger partial charge is 0.246 e. The van der Waals surface area contributed by atoms with Gasteiger partial charge in [0.2, 0.25) is 53.2 Å². The van der Waals surface area contributed by atoms with E-state index in [1.54, 1.807) is 0 Å². The van der Waals surface area contributed by atoms with Crippen molar-refractivity contribution in [3.63, 3.8) is 0 Å². The predicted molar refractivity (Wildman–Crippen MR) is 300 cm³/mol. The van der Waals surface area contributed by atoms with Gasteiger partial charge in [-0.25, -0.2) is 10.1 Å². The molecular formula is C52H92N18O12. The van der Waals surface area contributed by atoms with Crippen molar-refractivity contribution >= 4 is 59.1 Å². The van der Waals surface area contributed by atoms with Gasteiger partial charge in [0.25, 0.3) is 0 Å². The van der Waals surface area contributed by atoms with Crippen molar-refractivity contribution < 1.29 is 57.7 Å². The number of aromatic amines is 2. The maximum Gasteiger partial charge on any atom is 0.246 e. The quantitative estimate of drug-likeness (QED) is 0.0200. The Morgan fingerprint density at radius 3 is 1.76 bits per heavy atom. The lowest BCUT2D eigenvalue weighted by molar-refractivity contribution is -0.135. The third-order valence-corrected chi connectivity index (χ3v) is 12.9. The predicted octanol–water partition coefficient (Wildman–Crippen LogP) is -1.68. The van der Waals surface area contributed by atoms with Gasteiger partial charge in [0, 0.05) is 52.0 Å². The summed E-state index contributed by atoms with van der Waals surface area (Å²) in [5, 5.41) is 54.2. The molecule has 0 spiro atoms. The first-order chi connectivity index (χ1) is 39.6. The number of tetrazole rings is 1. The number of aliphatic hydroxyl groups is 1. The molecule has 2 rings (SSSR count). The number of hydrogen-bond acceptors (Lipinski definition) is 17. The van der Waals surface area contributed by atoms with Crippen LogP contribution in [0.3, 0.4) is 0 Å². The molecule has 0 aliphatic heterocycles. The molecule has 0 saturated carbocycles. The van der Waals surface area contributed by atoms with Crippen LogP contribution in [-0.2, 0) is 65.5 Å². The molecule has 2 heterocycles. The number of aromatic nitrogens is 6. The minimum Gasteiger partial charge on any atom is -0.394 e. The fourth-order valence-corrected chi connectivity index (χ4v) is 8.33. The van der Waals surface area contributed by atoms with Crippen LogP contribution in [0.2, 0.25) is 0 Å². The zero-order valence-electron chi connectivity index (χ0n) is 47.8. The second-order valence-electron chi connectivity index (χ2n) is 19.8. The number of nitrogens with two attached hydrogens (primary N) is 2. The van der Waals surface area contributed by atoms with E-state index in [0.29, 0.717) is 31.5 Å². The van der Waals surface area contributed by atoms with Gasteiger partial charge in [-0.05, 0) is 49.0 Å². The Morgan fingerprint density at radius 1 is 0.610 bits per heavy atom. The number of carbonyl (C=O) groups excluding carboxylic acids is 9. The highest BCUT2D eigenvalue weighted by Crippen LogP contribution is 2.14. The van der Waals surface area contributed by atoms with Crippen LogP contribution in [0.4, 0.5) is 0 Å². The van der Waals surface area contributed by atoms with Crippen LogP contribution in [-0.4, -0.2) is 185 Å². The summed E-state index contributed by atoms with van der Waals surface area (Å²) in [6.45, 7) is 0.834. The molecule has 0 aliphatic carbocycles. The summed E-state index contributed by atoms with van der Waals surface area (Å²) in [4.78, 5) is 124. The molecule has 0 aromatic carbocycles. The van der Waals surface area contributed by atoms with Crippen molar-refractivity contribution in [2.45, 2.75) is 185 Å². The maximum atomic E-state index is 14.1. The monoisotopic (exact) mass is 1160 g/mol. The molecule has 0 aliphatic rings. The lowest BCUT2D eigenvalue weighted by Crippen LogP contribution is -2.60. The van der Waals surface area contributed by atoms with E-state index in [1.165, 1.54) is 77.4 Å². The third kappa shape index (κ3) is 34.1. The van der Waals surface area contributed by atoms with E-state index in [0.717, 1.165) is 44.3 Å². The van der Waals surface area contributed by atoms with Gasteiger partial charge in [0.05, 0.1) is 45.0 Å². The van der Waals surface area contributed by atoms with Gasteiger partial charge in [-0.3, -0.25) is 48.6 Å². The van der Waals surface area contributed by atoms with Crippen LogP contribution in [0.25, 0.3) is 0 Å².